The lowest BCUT2D eigenvalue weighted by atomic mass is 10.0. The van der Waals surface area contributed by atoms with E-state index in [0.29, 0.717) is 119 Å². The summed E-state index contributed by atoms with van der Waals surface area (Å²) in [4.78, 5) is 64.0. The van der Waals surface area contributed by atoms with Gasteiger partial charge in [0.15, 0.2) is 21.8 Å². The van der Waals surface area contributed by atoms with E-state index in [0.717, 1.165) is 99.3 Å². The molecule has 412 valence electrons. The van der Waals surface area contributed by atoms with Gasteiger partial charge in [-0.2, -0.15) is 0 Å². The first kappa shape index (κ1) is 57.9. The van der Waals surface area contributed by atoms with Crippen LogP contribution < -0.4 is 20.4 Å². The number of ether oxygens (including phenoxy) is 5. The molecule has 2 aromatic carbocycles. The summed E-state index contributed by atoms with van der Waals surface area (Å²) in [5.41, 5.74) is 3.66. The van der Waals surface area contributed by atoms with Crippen molar-refractivity contribution in [1.82, 2.24) is 39.7 Å². The van der Waals surface area contributed by atoms with E-state index in [4.69, 9.17) is 56.9 Å². The SMILES string of the molecule is Cc1nc(Nc2ncc(C(=O)Cc3c(C)cccc3Cl)s2)cc(N2CCN(CCOCCOCCOCCOCCOCCN3CCN(c4cc(Nc5ncc(C(=O)Cc6c(C)cccc6Cl)s5)nc(C)n4)CC3)CC2)n1. The van der Waals surface area contributed by atoms with Crippen molar-refractivity contribution in [3.8, 4) is 0 Å². The molecule has 8 rings (SSSR count). The van der Waals surface area contributed by atoms with Crippen LogP contribution in [-0.2, 0) is 36.5 Å². The second-order valence-electron chi connectivity index (χ2n) is 18.6. The van der Waals surface area contributed by atoms with E-state index in [-0.39, 0.29) is 24.4 Å². The highest BCUT2D eigenvalue weighted by atomic mass is 35.5. The summed E-state index contributed by atoms with van der Waals surface area (Å²) in [6, 6.07) is 15.2. The Balaban J connectivity index is 0.596. The summed E-state index contributed by atoms with van der Waals surface area (Å²) in [5, 5.41) is 8.93. The number of carbonyl (C=O) groups excluding carboxylic acids is 2. The molecule has 4 aromatic heterocycles. The zero-order chi connectivity index (χ0) is 53.9. The molecule has 0 atom stereocenters. The van der Waals surface area contributed by atoms with Gasteiger partial charge in [0.1, 0.15) is 34.9 Å². The predicted octanol–water partition coefficient (Wildman–Crippen LogP) is 8.09. The number of Topliss-reactive ketones (excluding diaryl/α,β-unsaturated/α-hetero) is 2. The number of aromatic nitrogens is 6. The second-order valence-corrected chi connectivity index (χ2v) is 21.5. The largest absolute Gasteiger partial charge is 0.378 e. The number of halogens is 2. The quantitative estimate of drug-likeness (QED) is 0.0324. The first-order valence-electron chi connectivity index (χ1n) is 26.0. The monoisotopic (exact) mass is 1130 g/mol. The molecule has 23 heteroatoms. The Morgan fingerprint density at radius 3 is 1.25 bits per heavy atom. The van der Waals surface area contributed by atoms with Crippen LogP contribution in [0.25, 0.3) is 0 Å². The van der Waals surface area contributed by atoms with Gasteiger partial charge in [-0.1, -0.05) is 70.1 Å². The van der Waals surface area contributed by atoms with Crippen molar-refractivity contribution in [1.29, 1.82) is 0 Å². The summed E-state index contributed by atoms with van der Waals surface area (Å²) >= 11 is 15.3. The highest BCUT2D eigenvalue weighted by Gasteiger charge is 2.22. The van der Waals surface area contributed by atoms with Crippen molar-refractivity contribution in [3.63, 3.8) is 0 Å². The number of piperazine rings is 2. The molecule has 19 nitrogen and oxygen atoms in total. The molecule has 6 heterocycles. The van der Waals surface area contributed by atoms with E-state index in [1.807, 2.05) is 76.2 Å². The van der Waals surface area contributed by atoms with Crippen LogP contribution in [-0.4, -0.2) is 183 Å². The number of rotatable bonds is 30. The molecule has 0 saturated carbocycles. The Hall–Kier alpha value is -5.30. The van der Waals surface area contributed by atoms with Crippen LogP contribution in [0.3, 0.4) is 0 Å². The van der Waals surface area contributed by atoms with Gasteiger partial charge < -0.3 is 44.1 Å². The normalized spacial score (nSPS) is 14.4. The number of ketones is 2. The fourth-order valence-corrected chi connectivity index (χ4v) is 10.8. The van der Waals surface area contributed by atoms with Crippen molar-refractivity contribution >= 4 is 91.0 Å². The van der Waals surface area contributed by atoms with Crippen molar-refractivity contribution < 1.29 is 33.3 Å². The number of hydrogen-bond donors (Lipinski definition) is 2. The summed E-state index contributed by atoms with van der Waals surface area (Å²) in [7, 11) is 0. The molecular formula is C54H68Cl2N12O7S2. The van der Waals surface area contributed by atoms with Gasteiger partial charge in [-0.25, -0.2) is 29.9 Å². The van der Waals surface area contributed by atoms with E-state index in [1.54, 1.807) is 12.4 Å². The van der Waals surface area contributed by atoms with Crippen LogP contribution in [0.2, 0.25) is 10.0 Å². The number of nitrogens with zero attached hydrogens (tertiary/aromatic N) is 10. The average molecular weight is 1130 g/mol. The molecule has 0 amide bonds. The van der Waals surface area contributed by atoms with Crippen LogP contribution in [0.4, 0.5) is 33.5 Å². The number of aryl methyl sites for hydroxylation is 4. The Morgan fingerprint density at radius 1 is 0.519 bits per heavy atom. The standard InChI is InChI=1S/C54H68Cl2N12O7S2/c1-37-7-5-9-43(55)41(37)31-45(69)47-35-57-53(76-47)63-49-33-51(61-39(3)59-49)67-15-11-65(12-16-67)19-21-71-23-25-73-27-29-75-30-28-74-26-24-72-22-20-66-13-17-68(18-14-66)52-34-50(60-40(4)62-52)64-54-58-36-48(77-54)46(70)32-42-38(2)8-6-10-44(42)56/h5-10,33-36H,11-32H2,1-4H3,(H,57,59,61,63)(H,58,60,62,64). The van der Waals surface area contributed by atoms with E-state index in [2.05, 4.69) is 50.2 Å². The summed E-state index contributed by atoms with van der Waals surface area (Å²) in [5.74, 6) is 4.24. The number of thiazole rings is 2. The number of anilines is 6. The van der Waals surface area contributed by atoms with Gasteiger partial charge in [0.05, 0.1) is 88.2 Å². The minimum atomic E-state index is -0.0265. The topological polar surface area (TPSA) is 195 Å². The van der Waals surface area contributed by atoms with Crippen LogP contribution in [0.5, 0.6) is 0 Å². The second kappa shape index (κ2) is 29.6. The zero-order valence-corrected chi connectivity index (χ0v) is 47.4. The molecular weight excluding hydrogens is 1060 g/mol. The number of hydrogen-bond acceptors (Lipinski definition) is 21. The van der Waals surface area contributed by atoms with Gasteiger partial charge in [-0.05, 0) is 62.1 Å². The smallest absolute Gasteiger partial charge is 0.188 e. The van der Waals surface area contributed by atoms with Crippen molar-refractivity contribution in [3.05, 3.63) is 115 Å². The van der Waals surface area contributed by atoms with Gasteiger partial charge in [-0.3, -0.25) is 19.4 Å². The molecule has 6 aromatic rings. The average Bonchev–Trinajstić information content (AvgIpc) is 4.10. The van der Waals surface area contributed by atoms with Gasteiger partial charge in [0.25, 0.3) is 0 Å². The molecule has 0 bridgehead atoms. The van der Waals surface area contributed by atoms with E-state index >= 15 is 0 Å². The third-order valence-electron chi connectivity index (χ3n) is 13.0. The van der Waals surface area contributed by atoms with Crippen molar-refractivity contribution in [2.45, 2.75) is 40.5 Å². The molecule has 0 aliphatic carbocycles. The third kappa shape index (κ3) is 17.9. The number of nitrogens with one attached hydrogen (secondary N) is 2. The van der Waals surface area contributed by atoms with E-state index in [9.17, 15) is 9.59 Å². The van der Waals surface area contributed by atoms with Gasteiger partial charge in [0.2, 0.25) is 0 Å². The minimum absolute atomic E-state index is 0.0265. The van der Waals surface area contributed by atoms with Crippen LogP contribution in [0, 0.1) is 27.7 Å². The van der Waals surface area contributed by atoms with Crippen LogP contribution >= 0.6 is 45.9 Å². The fraction of sp³-hybridized carbons (Fsp3) is 0.481. The first-order valence-corrected chi connectivity index (χ1v) is 28.4. The fourth-order valence-electron chi connectivity index (χ4n) is 8.74. The maximum Gasteiger partial charge on any atom is 0.188 e. The molecule has 77 heavy (non-hydrogen) atoms. The molecule has 2 N–H and O–H groups in total. The minimum Gasteiger partial charge on any atom is -0.378 e. The number of benzene rings is 2. The number of carbonyl (C=O) groups is 2. The van der Waals surface area contributed by atoms with Crippen LogP contribution in [0.15, 0.2) is 60.9 Å². The lowest BCUT2D eigenvalue weighted by Gasteiger charge is -2.35. The van der Waals surface area contributed by atoms with E-state index < -0.39 is 0 Å². The molecule has 2 aliphatic rings. The summed E-state index contributed by atoms with van der Waals surface area (Å²) in [6.45, 7) is 21.6. The predicted molar refractivity (Wildman–Crippen MR) is 304 cm³/mol. The summed E-state index contributed by atoms with van der Waals surface area (Å²) < 4.78 is 28.8. The molecule has 0 spiro atoms. The maximum atomic E-state index is 13.1. The van der Waals surface area contributed by atoms with Crippen LogP contribution in [0.1, 0.15) is 53.2 Å². The van der Waals surface area contributed by atoms with Gasteiger partial charge in [0, 0.05) is 100 Å². The van der Waals surface area contributed by atoms with E-state index in [1.165, 1.54) is 22.7 Å². The first-order chi connectivity index (χ1) is 37.4. The van der Waals surface area contributed by atoms with Crippen molar-refractivity contribution in [2.75, 3.05) is 152 Å². The molecule has 2 aliphatic heterocycles. The highest BCUT2D eigenvalue weighted by Crippen LogP contribution is 2.30. The molecule has 2 fully saturated rings. The Kier molecular flexibility index (Phi) is 22.3. The molecule has 0 radical (unpaired) electrons. The van der Waals surface area contributed by atoms with Gasteiger partial charge in [-0.15, -0.1) is 0 Å². The van der Waals surface area contributed by atoms with Crippen molar-refractivity contribution in [2.24, 2.45) is 0 Å². The molecule has 0 unspecified atom stereocenters. The zero-order valence-electron chi connectivity index (χ0n) is 44.2. The molecule has 2 saturated heterocycles. The Morgan fingerprint density at radius 2 is 0.883 bits per heavy atom. The lowest BCUT2D eigenvalue weighted by Crippen LogP contribution is -2.47. The Labute approximate surface area is 468 Å². The lowest BCUT2D eigenvalue weighted by molar-refractivity contribution is -0.0134. The highest BCUT2D eigenvalue weighted by molar-refractivity contribution is 7.17. The summed E-state index contributed by atoms with van der Waals surface area (Å²) in [6.07, 6.45) is 3.65. The van der Waals surface area contributed by atoms with Gasteiger partial charge >= 0.3 is 0 Å². The Bertz CT molecular complexity index is 2630. The third-order valence-corrected chi connectivity index (χ3v) is 15.7. The maximum absolute atomic E-state index is 13.1.